The first-order chi connectivity index (χ1) is 7.00. The lowest BCUT2D eigenvalue weighted by molar-refractivity contribution is 0.0934. The van der Waals surface area contributed by atoms with Crippen LogP contribution in [-0.2, 0) is 0 Å². The highest BCUT2D eigenvalue weighted by Gasteiger charge is 2.14. The molecule has 2 unspecified atom stereocenters. The van der Waals surface area contributed by atoms with E-state index in [1.165, 1.54) is 0 Å². The van der Waals surface area contributed by atoms with Gasteiger partial charge in [-0.1, -0.05) is 22.9 Å². The fourth-order valence-corrected chi connectivity index (χ4v) is 1.05. The highest BCUT2D eigenvalue weighted by Crippen LogP contribution is 2.04. The van der Waals surface area contributed by atoms with Crippen LogP contribution >= 0.6 is 15.9 Å². The normalized spacial score (nSPS) is 14.4. The molecule has 0 bridgehead atoms. The third-order valence-electron chi connectivity index (χ3n) is 2.08. The van der Waals surface area contributed by atoms with Gasteiger partial charge in [0.2, 0.25) is 0 Å². The van der Waals surface area contributed by atoms with E-state index < -0.39 is 0 Å². The van der Waals surface area contributed by atoms with Crippen LogP contribution in [0.2, 0.25) is 0 Å². The van der Waals surface area contributed by atoms with E-state index >= 15 is 0 Å². The molecule has 1 N–H and O–H groups in total. The maximum absolute atomic E-state index is 11.6. The van der Waals surface area contributed by atoms with Gasteiger partial charge < -0.3 is 5.32 Å². The minimum atomic E-state index is -0.193. The number of aryl methyl sites for hydroxylation is 1. The van der Waals surface area contributed by atoms with Crippen molar-refractivity contribution in [1.29, 1.82) is 0 Å². The predicted octanol–water partition coefficient (Wildman–Crippen LogP) is 1.69. The second-order valence-corrected chi connectivity index (χ2v) is 4.94. The molecule has 1 aromatic heterocycles. The van der Waals surface area contributed by atoms with Gasteiger partial charge in [0.1, 0.15) is 0 Å². The van der Waals surface area contributed by atoms with Gasteiger partial charge in [0.25, 0.3) is 5.91 Å². The van der Waals surface area contributed by atoms with Gasteiger partial charge in [0, 0.05) is 10.9 Å². The van der Waals surface area contributed by atoms with Crippen LogP contribution in [0.1, 0.15) is 30.0 Å². The van der Waals surface area contributed by atoms with Crippen LogP contribution in [0.15, 0.2) is 12.1 Å². The predicted molar refractivity (Wildman–Crippen MR) is 62.1 cm³/mol. The third-order valence-corrected chi connectivity index (χ3v) is 2.87. The standard InChI is InChI=1S/C10H14BrN3O/c1-6-4-5-9(14-13-6)10(15)12-8(3)7(2)11/h4-5,7-8H,1-3H3,(H,12,15). The monoisotopic (exact) mass is 271 g/mol. The molecule has 0 aliphatic carbocycles. The lowest BCUT2D eigenvalue weighted by Crippen LogP contribution is -2.37. The number of amides is 1. The van der Waals surface area contributed by atoms with E-state index in [0.29, 0.717) is 5.69 Å². The molecule has 0 saturated carbocycles. The summed E-state index contributed by atoms with van der Waals surface area (Å²) in [6, 6.07) is 3.49. The van der Waals surface area contributed by atoms with Gasteiger partial charge in [-0.3, -0.25) is 4.79 Å². The van der Waals surface area contributed by atoms with Gasteiger partial charge in [-0.2, -0.15) is 5.10 Å². The average molecular weight is 272 g/mol. The summed E-state index contributed by atoms with van der Waals surface area (Å²) in [5.41, 5.74) is 1.15. The SMILES string of the molecule is Cc1ccc(C(=O)NC(C)C(C)Br)nn1. The molecule has 2 atom stereocenters. The van der Waals surface area contributed by atoms with E-state index in [2.05, 4.69) is 31.4 Å². The lowest BCUT2D eigenvalue weighted by atomic mass is 10.2. The Bertz CT molecular complexity index is 337. The van der Waals surface area contributed by atoms with Gasteiger partial charge in [0.05, 0.1) is 5.69 Å². The summed E-state index contributed by atoms with van der Waals surface area (Å²) in [5.74, 6) is -0.193. The molecular formula is C10H14BrN3O. The van der Waals surface area contributed by atoms with Crippen LogP contribution in [0.25, 0.3) is 0 Å². The number of hydrogen-bond acceptors (Lipinski definition) is 3. The van der Waals surface area contributed by atoms with Crippen molar-refractivity contribution in [2.24, 2.45) is 0 Å². The highest BCUT2D eigenvalue weighted by atomic mass is 79.9. The van der Waals surface area contributed by atoms with Crippen molar-refractivity contribution in [3.05, 3.63) is 23.5 Å². The molecule has 1 heterocycles. The number of rotatable bonds is 3. The number of aromatic nitrogens is 2. The van der Waals surface area contributed by atoms with Crippen molar-refractivity contribution in [2.45, 2.75) is 31.6 Å². The molecule has 82 valence electrons. The van der Waals surface area contributed by atoms with E-state index in [0.717, 1.165) is 5.69 Å². The second kappa shape index (κ2) is 5.21. The van der Waals surface area contributed by atoms with Gasteiger partial charge in [-0.05, 0) is 26.0 Å². The van der Waals surface area contributed by atoms with Crippen molar-refractivity contribution in [3.63, 3.8) is 0 Å². The summed E-state index contributed by atoms with van der Waals surface area (Å²) in [4.78, 5) is 11.9. The fourth-order valence-electron chi connectivity index (χ4n) is 0.916. The zero-order valence-electron chi connectivity index (χ0n) is 8.99. The molecule has 0 fully saturated rings. The first kappa shape index (κ1) is 12.1. The first-order valence-corrected chi connectivity index (χ1v) is 5.67. The molecule has 0 spiro atoms. The van der Waals surface area contributed by atoms with Crippen LogP contribution in [-0.4, -0.2) is 27.0 Å². The van der Waals surface area contributed by atoms with Crippen LogP contribution in [0.3, 0.4) is 0 Å². The summed E-state index contributed by atoms with van der Waals surface area (Å²) < 4.78 is 0. The van der Waals surface area contributed by atoms with Crippen LogP contribution in [0, 0.1) is 6.92 Å². The van der Waals surface area contributed by atoms with Crippen LogP contribution in [0.4, 0.5) is 0 Å². The molecule has 1 rings (SSSR count). The average Bonchev–Trinajstić information content (AvgIpc) is 2.18. The molecule has 0 radical (unpaired) electrons. The summed E-state index contributed by atoms with van der Waals surface area (Å²) in [6.45, 7) is 5.74. The molecule has 15 heavy (non-hydrogen) atoms. The van der Waals surface area contributed by atoms with Crippen molar-refractivity contribution < 1.29 is 4.79 Å². The fraction of sp³-hybridized carbons (Fsp3) is 0.500. The minimum Gasteiger partial charge on any atom is -0.347 e. The van der Waals surface area contributed by atoms with Crippen molar-refractivity contribution in [1.82, 2.24) is 15.5 Å². The Morgan fingerprint density at radius 1 is 1.40 bits per heavy atom. The maximum atomic E-state index is 11.6. The van der Waals surface area contributed by atoms with Crippen molar-refractivity contribution in [2.75, 3.05) is 0 Å². The quantitative estimate of drug-likeness (QED) is 0.852. The second-order valence-electron chi connectivity index (χ2n) is 3.50. The number of hydrogen-bond donors (Lipinski definition) is 1. The Labute approximate surface area is 97.6 Å². The van der Waals surface area contributed by atoms with Gasteiger partial charge in [-0.25, -0.2) is 0 Å². The Morgan fingerprint density at radius 3 is 2.53 bits per heavy atom. The van der Waals surface area contributed by atoms with E-state index in [1.807, 2.05) is 20.8 Å². The minimum absolute atomic E-state index is 0.0561. The molecule has 4 nitrogen and oxygen atoms in total. The molecule has 0 saturated heterocycles. The zero-order valence-corrected chi connectivity index (χ0v) is 10.6. The van der Waals surface area contributed by atoms with Crippen LogP contribution < -0.4 is 5.32 Å². The van der Waals surface area contributed by atoms with E-state index in [4.69, 9.17) is 0 Å². The number of alkyl halides is 1. The maximum Gasteiger partial charge on any atom is 0.272 e. The number of carbonyl (C=O) groups excluding carboxylic acids is 1. The Balaban J connectivity index is 2.65. The first-order valence-electron chi connectivity index (χ1n) is 4.76. The van der Waals surface area contributed by atoms with Crippen molar-refractivity contribution in [3.8, 4) is 0 Å². The third kappa shape index (κ3) is 3.58. The summed E-state index contributed by atoms with van der Waals surface area (Å²) >= 11 is 3.40. The number of carbonyl (C=O) groups is 1. The summed E-state index contributed by atoms with van der Waals surface area (Å²) in [5, 5.41) is 10.5. The number of nitrogens with zero attached hydrogens (tertiary/aromatic N) is 2. The Kier molecular flexibility index (Phi) is 4.20. The molecule has 0 aromatic carbocycles. The lowest BCUT2D eigenvalue weighted by Gasteiger charge is -2.15. The smallest absolute Gasteiger partial charge is 0.272 e. The summed E-state index contributed by atoms with van der Waals surface area (Å²) in [7, 11) is 0. The largest absolute Gasteiger partial charge is 0.347 e. The van der Waals surface area contributed by atoms with E-state index in [9.17, 15) is 4.79 Å². The zero-order chi connectivity index (χ0) is 11.4. The molecule has 1 amide bonds. The summed E-state index contributed by atoms with van der Waals surface area (Å²) in [6.07, 6.45) is 0. The van der Waals surface area contributed by atoms with Crippen LogP contribution in [0.5, 0.6) is 0 Å². The van der Waals surface area contributed by atoms with Crippen molar-refractivity contribution >= 4 is 21.8 Å². The molecule has 0 aliphatic heterocycles. The Morgan fingerprint density at radius 2 is 2.07 bits per heavy atom. The molecule has 1 aromatic rings. The molecular weight excluding hydrogens is 258 g/mol. The van der Waals surface area contributed by atoms with E-state index in [-0.39, 0.29) is 16.8 Å². The molecule has 5 heteroatoms. The Hall–Kier alpha value is -0.970. The molecule has 0 aliphatic rings. The topological polar surface area (TPSA) is 54.9 Å². The van der Waals surface area contributed by atoms with Gasteiger partial charge in [-0.15, -0.1) is 5.10 Å². The number of halogens is 1. The van der Waals surface area contributed by atoms with Gasteiger partial charge in [0.15, 0.2) is 5.69 Å². The van der Waals surface area contributed by atoms with E-state index in [1.54, 1.807) is 12.1 Å². The van der Waals surface area contributed by atoms with Gasteiger partial charge >= 0.3 is 0 Å². The highest BCUT2D eigenvalue weighted by molar-refractivity contribution is 9.09. The number of nitrogens with one attached hydrogen (secondary N) is 1.